The average Bonchev–Trinajstić information content (AvgIpc) is 3.13. The molecule has 0 aliphatic rings. The second kappa shape index (κ2) is 35.4. The van der Waals surface area contributed by atoms with Crippen LogP contribution in [0.3, 0.4) is 0 Å². The molecular formula is C45H82N2O3. The van der Waals surface area contributed by atoms with Crippen molar-refractivity contribution in [2.45, 2.75) is 220 Å². The van der Waals surface area contributed by atoms with Gasteiger partial charge in [0.15, 0.2) is 0 Å². The van der Waals surface area contributed by atoms with Crippen LogP contribution in [0.15, 0.2) is 18.2 Å². The summed E-state index contributed by atoms with van der Waals surface area (Å²) in [7, 11) is 0. The molecule has 1 rings (SSSR count). The molecule has 2 amide bonds. The third-order valence-electron chi connectivity index (χ3n) is 10.1. The number of benzene rings is 1. The molecule has 0 aromatic heterocycles. The molecule has 1 aromatic rings. The maximum Gasteiger partial charge on any atom is 0.255 e. The van der Waals surface area contributed by atoms with Crippen molar-refractivity contribution in [1.29, 1.82) is 0 Å². The number of unbranched alkanes of at least 4 members (excludes halogenated alkanes) is 28. The number of ether oxygens (including phenoxy) is 1. The van der Waals surface area contributed by atoms with Crippen LogP contribution in [0.25, 0.3) is 0 Å². The lowest BCUT2D eigenvalue weighted by Crippen LogP contribution is -2.26. The number of hydrogen-bond donors (Lipinski definition) is 2. The van der Waals surface area contributed by atoms with Gasteiger partial charge in [-0.2, -0.15) is 0 Å². The van der Waals surface area contributed by atoms with Crippen LogP contribution < -0.4 is 15.4 Å². The van der Waals surface area contributed by atoms with Gasteiger partial charge in [-0.1, -0.05) is 201 Å². The molecule has 0 heterocycles. The van der Waals surface area contributed by atoms with E-state index in [0.29, 0.717) is 36.6 Å². The lowest BCUT2D eigenvalue weighted by atomic mass is 10.1. The van der Waals surface area contributed by atoms with E-state index < -0.39 is 0 Å². The van der Waals surface area contributed by atoms with Crippen molar-refractivity contribution in [1.82, 2.24) is 10.6 Å². The first kappa shape index (κ1) is 46.0. The summed E-state index contributed by atoms with van der Waals surface area (Å²) in [4.78, 5) is 26.2. The lowest BCUT2D eigenvalue weighted by Gasteiger charge is -2.14. The normalized spacial score (nSPS) is 11.2. The predicted molar refractivity (Wildman–Crippen MR) is 217 cm³/mol. The molecule has 5 nitrogen and oxygen atoms in total. The Hall–Kier alpha value is -2.04. The van der Waals surface area contributed by atoms with E-state index in [1.807, 2.05) is 0 Å². The Kier molecular flexibility index (Phi) is 32.5. The highest BCUT2D eigenvalue weighted by Crippen LogP contribution is 2.22. The van der Waals surface area contributed by atoms with Gasteiger partial charge in [0, 0.05) is 18.7 Å². The van der Waals surface area contributed by atoms with E-state index in [0.717, 1.165) is 38.5 Å². The monoisotopic (exact) mass is 699 g/mol. The predicted octanol–water partition coefficient (Wildman–Crippen LogP) is 13.7. The van der Waals surface area contributed by atoms with Crippen molar-refractivity contribution in [3.8, 4) is 5.75 Å². The minimum atomic E-state index is -0.104. The molecular weight excluding hydrogens is 617 g/mol. The van der Waals surface area contributed by atoms with E-state index in [-0.39, 0.29) is 11.8 Å². The van der Waals surface area contributed by atoms with Crippen molar-refractivity contribution in [3.05, 3.63) is 29.3 Å². The molecule has 0 fully saturated rings. The van der Waals surface area contributed by atoms with Gasteiger partial charge in [-0.25, -0.2) is 0 Å². The first-order valence-electron chi connectivity index (χ1n) is 22.0. The highest BCUT2D eigenvalue weighted by molar-refractivity contribution is 6.00. The first-order chi connectivity index (χ1) is 24.6. The van der Waals surface area contributed by atoms with Crippen molar-refractivity contribution in [3.63, 3.8) is 0 Å². The highest BCUT2D eigenvalue weighted by atomic mass is 16.5. The number of hydrogen-bond acceptors (Lipinski definition) is 3. The second-order valence-electron chi connectivity index (χ2n) is 15.0. The lowest BCUT2D eigenvalue weighted by molar-refractivity contribution is 0.0937. The van der Waals surface area contributed by atoms with Gasteiger partial charge < -0.3 is 15.4 Å². The van der Waals surface area contributed by atoms with Crippen LogP contribution >= 0.6 is 0 Å². The van der Waals surface area contributed by atoms with Gasteiger partial charge in [-0.3, -0.25) is 9.59 Å². The zero-order valence-electron chi connectivity index (χ0n) is 33.5. The summed E-state index contributed by atoms with van der Waals surface area (Å²) < 4.78 is 6.21. The van der Waals surface area contributed by atoms with Gasteiger partial charge in [0.05, 0.1) is 12.2 Å². The Morgan fingerprint density at radius 1 is 0.440 bits per heavy atom. The van der Waals surface area contributed by atoms with Gasteiger partial charge in [-0.05, 0) is 37.5 Å². The molecule has 290 valence electrons. The fraction of sp³-hybridized carbons (Fsp3) is 0.822. The smallest absolute Gasteiger partial charge is 0.255 e. The van der Waals surface area contributed by atoms with E-state index in [9.17, 15) is 9.59 Å². The van der Waals surface area contributed by atoms with E-state index in [4.69, 9.17) is 4.74 Å². The number of amides is 2. The quantitative estimate of drug-likeness (QED) is 0.0680. The highest BCUT2D eigenvalue weighted by Gasteiger charge is 2.16. The molecule has 0 aliphatic carbocycles. The summed E-state index contributed by atoms with van der Waals surface area (Å²) in [5.74, 6) is 0.342. The van der Waals surface area contributed by atoms with Crippen LogP contribution in [0.2, 0.25) is 0 Å². The van der Waals surface area contributed by atoms with Crippen molar-refractivity contribution >= 4 is 11.8 Å². The summed E-state index contributed by atoms with van der Waals surface area (Å²) in [5.41, 5.74) is 1.10. The third kappa shape index (κ3) is 26.7. The van der Waals surface area contributed by atoms with Crippen LogP contribution in [-0.2, 0) is 0 Å². The summed E-state index contributed by atoms with van der Waals surface area (Å²) in [6.45, 7) is 8.73. The van der Waals surface area contributed by atoms with Crippen LogP contribution in [0.4, 0.5) is 0 Å². The Labute approximate surface area is 310 Å². The zero-order chi connectivity index (χ0) is 36.2. The molecule has 0 aliphatic heterocycles. The van der Waals surface area contributed by atoms with Crippen molar-refractivity contribution in [2.75, 3.05) is 19.7 Å². The maximum absolute atomic E-state index is 13.2. The van der Waals surface area contributed by atoms with Crippen LogP contribution in [0.1, 0.15) is 241 Å². The summed E-state index contributed by atoms with van der Waals surface area (Å²) >= 11 is 0. The topological polar surface area (TPSA) is 67.4 Å². The molecule has 0 radical (unpaired) electrons. The molecule has 5 heteroatoms. The fourth-order valence-corrected chi connectivity index (χ4v) is 6.74. The second-order valence-corrected chi connectivity index (χ2v) is 15.0. The minimum Gasteiger partial charge on any atom is -0.493 e. The zero-order valence-corrected chi connectivity index (χ0v) is 33.5. The number of carbonyl (C=O) groups excluding carboxylic acids is 2. The maximum atomic E-state index is 13.2. The molecule has 0 unspecified atom stereocenters. The van der Waals surface area contributed by atoms with E-state index in [1.165, 1.54) is 161 Å². The fourth-order valence-electron chi connectivity index (χ4n) is 6.74. The summed E-state index contributed by atoms with van der Waals surface area (Å²) in [6, 6.07) is 5.33. The van der Waals surface area contributed by atoms with Gasteiger partial charge in [0.25, 0.3) is 11.8 Å². The largest absolute Gasteiger partial charge is 0.493 e. The Balaban J connectivity index is 2.48. The van der Waals surface area contributed by atoms with Gasteiger partial charge in [-0.15, -0.1) is 0 Å². The average molecular weight is 699 g/mol. The summed E-state index contributed by atoms with van der Waals surface area (Å²) in [6.07, 6.45) is 39.7. The van der Waals surface area contributed by atoms with Crippen molar-refractivity contribution < 1.29 is 14.3 Å². The molecule has 2 N–H and O–H groups in total. The van der Waals surface area contributed by atoms with Crippen LogP contribution in [-0.4, -0.2) is 31.5 Å². The van der Waals surface area contributed by atoms with Crippen LogP contribution in [0.5, 0.6) is 5.75 Å². The Bertz CT molecular complexity index is 918. The van der Waals surface area contributed by atoms with E-state index in [2.05, 4.69) is 31.4 Å². The molecule has 0 atom stereocenters. The van der Waals surface area contributed by atoms with E-state index >= 15 is 0 Å². The van der Waals surface area contributed by atoms with Crippen LogP contribution in [0, 0.1) is 0 Å². The third-order valence-corrected chi connectivity index (χ3v) is 10.1. The van der Waals surface area contributed by atoms with Gasteiger partial charge >= 0.3 is 0 Å². The SMILES string of the molecule is CCCCCCCCCCCCCOc1cc(C(=O)NCCCCCCCCCCCC)ccc1C(=O)NCCCCCCCCCCCC. The Morgan fingerprint density at radius 2 is 0.780 bits per heavy atom. The molecule has 0 saturated heterocycles. The Morgan fingerprint density at radius 3 is 1.18 bits per heavy atom. The summed E-state index contributed by atoms with van der Waals surface area (Å²) in [5, 5.41) is 6.21. The first-order valence-corrected chi connectivity index (χ1v) is 22.0. The molecule has 1 aromatic carbocycles. The van der Waals surface area contributed by atoms with Crippen molar-refractivity contribution in [2.24, 2.45) is 0 Å². The number of carbonyl (C=O) groups is 2. The van der Waals surface area contributed by atoms with E-state index in [1.54, 1.807) is 18.2 Å². The molecule has 0 spiro atoms. The number of rotatable bonds is 37. The number of nitrogens with one attached hydrogen (secondary N) is 2. The standard InChI is InChI=1S/C45H82N2O3/c1-4-7-10-13-16-19-22-25-28-31-34-39-50-43-40-41(44(48)46-37-32-29-26-23-20-17-14-11-8-5-2)35-36-42(43)45(49)47-38-33-30-27-24-21-18-15-12-9-6-3/h35-36,40H,4-34,37-39H2,1-3H3,(H,46,48)(H,47,49). The molecule has 50 heavy (non-hydrogen) atoms. The van der Waals surface area contributed by atoms with Gasteiger partial charge in [0.2, 0.25) is 0 Å². The molecule has 0 saturated carbocycles. The molecule has 0 bridgehead atoms. The minimum absolute atomic E-state index is 0.0854. The van der Waals surface area contributed by atoms with Gasteiger partial charge in [0.1, 0.15) is 5.75 Å².